The van der Waals surface area contributed by atoms with Crippen LogP contribution in [0.15, 0.2) is 41.3 Å². The number of primary sulfonamides is 1. The number of benzene rings is 2. The van der Waals surface area contributed by atoms with Gasteiger partial charge in [0.25, 0.3) is 0 Å². The van der Waals surface area contributed by atoms with Gasteiger partial charge < -0.3 is 10.1 Å². The van der Waals surface area contributed by atoms with Gasteiger partial charge in [-0.05, 0) is 41.8 Å². The molecule has 0 atom stereocenters. The molecule has 9 heteroatoms. The molecule has 2 heterocycles. The van der Waals surface area contributed by atoms with Crippen molar-refractivity contribution in [2.75, 3.05) is 18.5 Å². The SMILES string of the molecule is CC1(N2Cc3cc(NC(=O)Cc4ccccc4Cl)cc(S(N)(=O)=O)c3C2)COC1. The van der Waals surface area contributed by atoms with Crippen LogP contribution in [0.4, 0.5) is 5.69 Å². The molecule has 2 aliphatic heterocycles. The molecule has 1 amide bonds. The lowest BCUT2D eigenvalue weighted by atomic mass is 9.98. The van der Waals surface area contributed by atoms with Crippen molar-refractivity contribution in [3.05, 3.63) is 58.1 Å². The van der Waals surface area contributed by atoms with Crippen molar-refractivity contribution in [1.82, 2.24) is 4.90 Å². The first-order valence-corrected chi connectivity index (χ1v) is 11.1. The minimum absolute atomic E-state index is 0.0504. The molecule has 0 radical (unpaired) electrons. The van der Waals surface area contributed by atoms with Crippen LogP contribution in [0, 0.1) is 0 Å². The van der Waals surface area contributed by atoms with Gasteiger partial charge in [0.2, 0.25) is 15.9 Å². The maximum atomic E-state index is 12.5. The first kappa shape index (κ1) is 20.3. The Morgan fingerprint density at radius 3 is 2.62 bits per heavy atom. The number of carbonyl (C=O) groups is 1. The Morgan fingerprint density at radius 1 is 1.28 bits per heavy atom. The van der Waals surface area contributed by atoms with E-state index in [1.54, 1.807) is 18.2 Å². The first-order valence-electron chi connectivity index (χ1n) is 9.20. The third-order valence-corrected chi connectivity index (χ3v) is 6.85. The van der Waals surface area contributed by atoms with Crippen molar-refractivity contribution in [2.24, 2.45) is 5.14 Å². The number of carbonyl (C=O) groups excluding carboxylic acids is 1. The zero-order valence-corrected chi connectivity index (χ0v) is 17.5. The molecule has 1 fully saturated rings. The second-order valence-corrected chi connectivity index (χ2v) is 9.76. The number of fused-ring (bicyclic) bond motifs is 1. The number of nitrogens with two attached hydrogens (primary N) is 1. The number of rotatable bonds is 5. The average molecular weight is 436 g/mol. The fraction of sp³-hybridized carbons (Fsp3) is 0.350. The second kappa shape index (κ2) is 7.37. The van der Waals surface area contributed by atoms with Gasteiger partial charge in [0, 0.05) is 23.8 Å². The number of halogens is 1. The Hall–Kier alpha value is -1.97. The molecule has 0 aliphatic carbocycles. The highest BCUT2D eigenvalue weighted by molar-refractivity contribution is 7.89. The molecule has 0 bridgehead atoms. The lowest BCUT2D eigenvalue weighted by molar-refractivity contribution is -0.133. The summed E-state index contributed by atoms with van der Waals surface area (Å²) in [7, 11) is -3.94. The van der Waals surface area contributed by atoms with Crippen LogP contribution in [0.25, 0.3) is 0 Å². The van der Waals surface area contributed by atoms with Gasteiger partial charge in [-0.2, -0.15) is 0 Å². The predicted octanol–water partition coefficient (Wildman–Crippen LogP) is 2.27. The zero-order chi connectivity index (χ0) is 20.8. The Kier molecular flexibility index (Phi) is 5.16. The van der Waals surface area contributed by atoms with E-state index in [-0.39, 0.29) is 22.8 Å². The van der Waals surface area contributed by atoms with Crippen LogP contribution in [0.5, 0.6) is 0 Å². The summed E-state index contributed by atoms with van der Waals surface area (Å²) in [5.74, 6) is -0.285. The highest BCUT2D eigenvalue weighted by atomic mass is 35.5. The van der Waals surface area contributed by atoms with E-state index in [4.69, 9.17) is 21.5 Å². The minimum atomic E-state index is -3.94. The first-order chi connectivity index (χ1) is 13.7. The van der Waals surface area contributed by atoms with Crippen LogP contribution in [-0.2, 0) is 39.1 Å². The van der Waals surface area contributed by atoms with Gasteiger partial charge in [-0.3, -0.25) is 9.69 Å². The van der Waals surface area contributed by atoms with Crippen LogP contribution in [0.2, 0.25) is 5.02 Å². The Morgan fingerprint density at radius 2 is 2.00 bits per heavy atom. The molecule has 4 rings (SSSR count). The van der Waals surface area contributed by atoms with Crippen LogP contribution < -0.4 is 10.5 Å². The molecular weight excluding hydrogens is 414 g/mol. The molecule has 2 aliphatic rings. The summed E-state index contributed by atoms with van der Waals surface area (Å²) in [6, 6.07) is 10.3. The number of ether oxygens (including phenoxy) is 1. The van der Waals surface area contributed by atoms with Gasteiger partial charge in [0.05, 0.1) is 30.1 Å². The van der Waals surface area contributed by atoms with Crippen LogP contribution >= 0.6 is 11.6 Å². The Balaban J connectivity index is 1.60. The van der Waals surface area contributed by atoms with Gasteiger partial charge in [0.15, 0.2) is 0 Å². The molecule has 3 N–H and O–H groups in total. The number of nitrogens with zero attached hydrogens (tertiary/aromatic N) is 1. The fourth-order valence-corrected chi connectivity index (χ4v) is 4.82. The quantitative estimate of drug-likeness (QED) is 0.750. The standard InChI is InChI=1S/C20H22ClN3O4S/c1-20(11-28-12-20)24-9-14-6-15(8-18(16(14)10-24)29(22,26)27)23-19(25)7-13-4-2-3-5-17(13)21/h2-6,8H,7,9-12H2,1H3,(H,23,25)(H2,22,26,27). The number of anilines is 1. The van der Waals surface area contributed by atoms with E-state index in [2.05, 4.69) is 17.1 Å². The molecule has 1 saturated heterocycles. The summed E-state index contributed by atoms with van der Waals surface area (Å²) in [6.07, 6.45) is 0.0863. The van der Waals surface area contributed by atoms with Crippen molar-refractivity contribution in [3.63, 3.8) is 0 Å². The molecule has 2 aromatic carbocycles. The van der Waals surface area contributed by atoms with Crippen molar-refractivity contribution in [1.29, 1.82) is 0 Å². The highest BCUT2D eigenvalue weighted by Crippen LogP contribution is 2.37. The number of sulfonamides is 1. The smallest absolute Gasteiger partial charge is 0.238 e. The second-order valence-electron chi connectivity index (χ2n) is 7.82. The Labute approximate surface area is 174 Å². The van der Waals surface area contributed by atoms with Crippen molar-refractivity contribution in [3.8, 4) is 0 Å². The third kappa shape index (κ3) is 4.04. The summed E-state index contributed by atoms with van der Waals surface area (Å²) in [5, 5.41) is 8.76. The van der Waals surface area contributed by atoms with Crippen LogP contribution in [-0.4, -0.2) is 38.0 Å². The van der Waals surface area contributed by atoms with Crippen LogP contribution in [0.1, 0.15) is 23.6 Å². The number of hydrogen-bond acceptors (Lipinski definition) is 5. The summed E-state index contributed by atoms with van der Waals surface area (Å²) in [5.41, 5.74) is 2.51. The molecule has 0 aromatic heterocycles. The average Bonchev–Trinajstić information content (AvgIpc) is 3.04. The van der Waals surface area contributed by atoms with E-state index in [9.17, 15) is 13.2 Å². The van der Waals surface area contributed by atoms with E-state index in [1.165, 1.54) is 6.07 Å². The Bertz CT molecular complexity index is 1080. The van der Waals surface area contributed by atoms with Gasteiger partial charge in [-0.25, -0.2) is 13.6 Å². The van der Waals surface area contributed by atoms with Crippen molar-refractivity contribution < 1.29 is 17.9 Å². The molecule has 0 unspecified atom stereocenters. The molecule has 0 spiro atoms. The van der Waals surface area contributed by atoms with E-state index in [0.29, 0.717) is 48.1 Å². The molecule has 154 valence electrons. The molecule has 2 aromatic rings. The normalized spacial score (nSPS) is 18.2. The summed E-state index contributed by atoms with van der Waals surface area (Å²) in [4.78, 5) is 14.7. The maximum Gasteiger partial charge on any atom is 0.238 e. The topological polar surface area (TPSA) is 102 Å². The van der Waals surface area contributed by atoms with Gasteiger partial charge in [-0.1, -0.05) is 29.8 Å². The van der Waals surface area contributed by atoms with E-state index >= 15 is 0 Å². The van der Waals surface area contributed by atoms with Crippen molar-refractivity contribution >= 4 is 33.2 Å². The highest BCUT2D eigenvalue weighted by Gasteiger charge is 2.43. The molecule has 29 heavy (non-hydrogen) atoms. The summed E-state index contributed by atoms with van der Waals surface area (Å²) >= 11 is 6.12. The van der Waals surface area contributed by atoms with E-state index in [0.717, 1.165) is 5.56 Å². The van der Waals surface area contributed by atoms with E-state index < -0.39 is 10.0 Å². The maximum absolute atomic E-state index is 12.5. The molecule has 0 saturated carbocycles. The summed E-state index contributed by atoms with van der Waals surface area (Å²) in [6.45, 7) is 4.35. The number of nitrogens with one attached hydrogen (secondary N) is 1. The summed E-state index contributed by atoms with van der Waals surface area (Å²) < 4.78 is 29.8. The van der Waals surface area contributed by atoms with Gasteiger partial charge in [0.1, 0.15) is 0 Å². The lowest BCUT2D eigenvalue weighted by Gasteiger charge is -2.45. The minimum Gasteiger partial charge on any atom is -0.377 e. The number of hydrogen-bond donors (Lipinski definition) is 2. The lowest BCUT2D eigenvalue weighted by Crippen LogP contribution is -2.58. The van der Waals surface area contributed by atoms with Gasteiger partial charge in [-0.15, -0.1) is 0 Å². The largest absolute Gasteiger partial charge is 0.377 e. The zero-order valence-electron chi connectivity index (χ0n) is 15.9. The monoisotopic (exact) mass is 435 g/mol. The van der Waals surface area contributed by atoms with Gasteiger partial charge >= 0.3 is 0 Å². The number of amides is 1. The van der Waals surface area contributed by atoms with Crippen molar-refractivity contribution in [2.45, 2.75) is 36.9 Å². The fourth-order valence-electron chi connectivity index (χ4n) is 3.78. The predicted molar refractivity (Wildman–Crippen MR) is 110 cm³/mol. The van der Waals surface area contributed by atoms with Crippen LogP contribution in [0.3, 0.4) is 0 Å². The molecule has 7 nitrogen and oxygen atoms in total. The molecular formula is C20H22ClN3O4S. The van der Waals surface area contributed by atoms with E-state index in [1.807, 2.05) is 12.1 Å². The third-order valence-electron chi connectivity index (χ3n) is 5.50.